The van der Waals surface area contributed by atoms with Gasteiger partial charge in [-0.3, -0.25) is 0 Å². The molecule has 19 heavy (non-hydrogen) atoms. The van der Waals surface area contributed by atoms with E-state index in [1.54, 1.807) is 0 Å². The molecule has 0 aliphatic carbocycles. The average molecular weight is 257 g/mol. The number of hydrogen-bond acceptors (Lipinski definition) is 2. The molecule has 1 N–H and O–H groups in total. The van der Waals surface area contributed by atoms with Crippen LogP contribution in [0.1, 0.15) is 37.9 Å². The molecule has 0 radical (unpaired) electrons. The normalized spacial score (nSPS) is 12.7. The highest BCUT2D eigenvalue weighted by Crippen LogP contribution is 2.19. The Bertz CT molecular complexity index is 511. The quantitative estimate of drug-likeness (QED) is 0.876. The SMILES string of the molecule is Cc1ccc(C(C)Nc2nccn2CC(C)C)cc1. The highest BCUT2D eigenvalue weighted by Gasteiger charge is 2.09. The third-order valence-electron chi connectivity index (χ3n) is 3.20. The number of aryl methyl sites for hydroxylation is 1. The fourth-order valence-electron chi connectivity index (χ4n) is 2.12. The molecule has 0 fully saturated rings. The predicted molar refractivity (Wildman–Crippen MR) is 80.3 cm³/mol. The number of aromatic nitrogens is 2. The van der Waals surface area contributed by atoms with Crippen molar-refractivity contribution >= 4 is 5.95 Å². The van der Waals surface area contributed by atoms with Crippen molar-refractivity contribution in [2.75, 3.05) is 5.32 Å². The molecule has 0 bridgehead atoms. The minimum absolute atomic E-state index is 0.258. The molecule has 0 amide bonds. The Morgan fingerprint density at radius 1 is 1.16 bits per heavy atom. The summed E-state index contributed by atoms with van der Waals surface area (Å²) in [4.78, 5) is 4.40. The molecule has 0 saturated carbocycles. The molecule has 1 aromatic heterocycles. The highest BCUT2D eigenvalue weighted by atomic mass is 15.2. The maximum atomic E-state index is 4.40. The van der Waals surface area contributed by atoms with Crippen LogP contribution in [0.2, 0.25) is 0 Å². The molecule has 1 atom stereocenters. The van der Waals surface area contributed by atoms with E-state index >= 15 is 0 Å². The van der Waals surface area contributed by atoms with Gasteiger partial charge in [-0.25, -0.2) is 4.98 Å². The largest absolute Gasteiger partial charge is 0.349 e. The molecule has 102 valence electrons. The number of benzene rings is 1. The minimum Gasteiger partial charge on any atom is -0.349 e. The van der Waals surface area contributed by atoms with Crippen molar-refractivity contribution in [3.05, 3.63) is 47.8 Å². The molecule has 0 spiro atoms. The first-order valence-corrected chi connectivity index (χ1v) is 6.90. The number of rotatable bonds is 5. The van der Waals surface area contributed by atoms with Crippen molar-refractivity contribution in [2.24, 2.45) is 5.92 Å². The van der Waals surface area contributed by atoms with Gasteiger partial charge in [0.05, 0.1) is 6.04 Å². The summed E-state index contributed by atoms with van der Waals surface area (Å²) in [6.07, 6.45) is 3.89. The molecular weight excluding hydrogens is 234 g/mol. The second kappa shape index (κ2) is 5.91. The fourth-order valence-corrected chi connectivity index (χ4v) is 2.12. The van der Waals surface area contributed by atoms with E-state index in [-0.39, 0.29) is 6.04 Å². The first-order chi connectivity index (χ1) is 9.06. The molecule has 0 saturated heterocycles. The average Bonchev–Trinajstić information content (AvgIpc) is 2.76. The van der Waals surface area contributed by atoms with Gasteiger partial charge in [-0.05, 0) is 25.3 Å². The summed E-state index contributed by atoms with van der Waals surface area (Å²) in [5, 5.41) is 3.48. The van der Waals surface area contributed by atoms with E-state index in [0.29, 0.717) is 5.92 Å². The maximum Gasteiger partial charge on any atom is 0.203 e. The lowest BCUT2D eigenvalue weighted by Gasteiger charge is -2.17. The van der Waals surface area contributed by atoms with Crippen LogP contribution in [0.15, 0.2) is 36.7 Å². The second-order valence-corrected chi connectivity index (χ2v) is 5.57. The van der Waals surface area contributed by atoms with Gasteiger partial charge in [0.25, 0.3) is 0 Å². The van der Waals surface area contributed by atoms with Gasteiger partial charge in [0.15, 0.2) is 0 Å². The van der Waals surface area contributed by atoms with Gasteiger partial charge in [-0.15, -0.1) is 0 Å². The molecule has 2 rings (SSSR count). The first-order valence-electron chi connectivity index (χ1n) is 6.90. The third-order valence-corrected chi connectivity index (χ3v) is 3.20. The number of nitrogens with zero attached hydrogens (tertiary/aromatic N) is 2. The van der Waals surface area contributed by atoms with Crippen molar-refractivity contribution < 1.29 is 0 Å². The van der Waals surface area contributed by atoms with E-state index < -0.39 is 0 Å². The van der Waals surface area contributed by atoms with Crippen LogP contribution in [-0.4, -0.2) is 9.55 Å². The molecule has 1 aromatic carbocycles. The number of hydrogen-bond donors (Lipinski definition) is 1. The predicted octanol–water partition coefficient (Wildman–Crippen LogP) is 4.02. The zero-order chi connectivity index (χ0) is 13.8. The van der Waals surface area contributed by atoms with E-state index in [2.05, 4.69) is 66.8 Å². The lowest BCUT2D eigenvalue weighted by Crippen LogP contribution is -2.13. The number of anilines is 1. The Morgan fingerprint density at radius 3 is 2.47 bits per heavy atom. The first kappa shape index (κ1) is 13.7. The van der Waals surface area contributed by atoms with Crippen LogP contribution in [-0.2, 0) is 6.54 Å². The summed E-state index contributed by atoms with van der Waals surface area (Å²) in [7, 11) is 0. The van der Waals surface area contributed by atoms with Gasteiger partial charge in [-0.1, -0.05) is 43.7 Å². The number of nitrogens with one attached hydrogen (secondary N) is 1. The van der Waals surface area contributed by atoms with Crippen molar-refractivity contribution in [3.8, 4) is 0 Å². The molecule has 2 aromatic rings. The standard InChI is InChI=1S/C16H23N3/c1-12(2)11-19-10-9-17-16(19)18-14(4)15-7-5-13(3)6-8-15/h5-10,12,14H,11H2,1-4H3,(H,17,18). The minimum atomic E-state index is 0.258. The van der Waals surface area contributed by atoms with E-state index in [0.717, 1.165) is 12.5 Å². The second-order valence-electron chi connectivity index (χ2n) is 5.57. The zero-order valence-electron chi connectivity index (χ0n) is 12.2. The molecule has 0 aliphatic heterocycles. The fraction of sp³-hybridized carbons (Fsp3) is 0.438. The van der Waals surface area contributed by atoms with Crippen molar-refractivity contribution in [1.82, 2.24) is 9.55 Å². The van der Waals surface area contributed by atoms with Crippen LogP contribution in [0.25, 0.3) is 0 Å². The Balaban J connectivity index is 2.08. The van der Waals surface area contributed by atoms with E-state index in [4.69, 9.17) is 0 Å². The maximum absolute atomic E-state index is 4.40. The summed E-state index contributed by atoms with van der Waals surface area (Å²) < 4.78 is 2.18. The summed E-state index contributed by atoms with van der Waals surface area (Å²) in [5.74, 6) is 1.56. The van der Waals surface area contributed by atoms with Gasteiger partial charge in [0, 0.05) is 18.9 Å². The monoisotopic (exact) mass is 257 g/mol. The molecular formula is C16H23N3. The van der Waals surface area contributed by atoms with Gasteiger partial charge in [-0.2, -0.15) is 0 Å². The van der Waals surface area contributed by atoms with Gasteiger partial charge >= 0.3 is 0 Å². The molecule has 1 unspecified atom stereocenters. The summed E-state index contributed by atoms with van der Waals surface area (Å²) in [5.41, 5.74) is 2.57. The van der Waals surface area contributed by atoms with Crippen molar-refractivity contribution in [2.45, 2.75) is 40.3 Å². The Morgan fingerprint density at radius 2 is 1.84 bits per heavy atom. The summed E-state index contributed by atoms with van der Waals surface area (Å²) >= 11 is 0. The Labute approximate surface area is 115 Å². The van der Waals surface area contributed by atoms with Crippen LogP contribution in [0, 0.1) is 12.8 Å². The van der Waals surface area contributed by atoms with Crippen LogP contribution in [0.4, 0.5) is 5.95 Å². The van der Waals surface area contributed by atoms with Crippen LogP contribution in [0.3, 0.4) is 0 Å². The van der Waals surface area contributed by atoms with E-state index in [1.165, 1.54) is 11.1 Å². The molecule has 0 aliphatic rings. The topological polar surface area (TPSA) is 29.9 Å². The zero-order valence-corrected chi connectivity index (χ0v) is 12.2. The van der Waals surface area contributed by atoms with Gasteiger partial charge in [0.2, 0.25) is 5.95 Å². The lowest BCUT2D eigenvalue weighted by molar-refractivity contribution is 0.524. The Kier molecular flexibility index (Phi) is 4.25. The van der Waals surface area contributed by atoms with Crippen LogP contribution < -0.4 is 5.32 Å². The van der Waals surface area contributed by atoms with E-state index in [9.17, 15) is 0 Å². The smallest absolute Gasteiger partial charge is 0.203 e. The Hall–Kier alpha value is -1.77. The third kappa shape index (κ3) is 3.60. The lowest BCUT2D eigenvalue weighted by atomic mass is 10.1. The molecule has 3 heteroatoms. The van der Waals surface area contributed by atoms with Gasteiger partial charge in [0.1, 0.15) is 0 Å². The highest BCUT2D eigenvalue weighted by molar-refractivity contribution is 5.33. The summed E-state index contributed by atoms with van der Waals surface area (Å²) in [6.45, 7) is 9.69. The van der Waals surface area contributed by atoms with Gasteiger partial charge < -0.3 is 9.88 Å². The van der Waals surface area contributed by atoms with Crippen molar-refractivity contribution in [3.63, 3.8) is 0 Å². The van der Waals surface area contributed by atoms with Crippen LogP contribution >= 0.6 is 0 Å². The van der Waals surface area contributed by atoms with Crippen LogP contribution in [0.5, 0.6) is 0 Å². The summed E-state index contributed by atoms with van der Waals surface area (Å²) in [6, 6.07) is 8.89. The van der Waals surface area contributed by atoms with Crippen molar-refractivity contribution in [1.29, 1.82) is 0 Å². The number of imidazole rings is 1. The van der Waals surface area contributed by atoms with E-state index in [1.807, 2.05) is 12.4 Å². The molecule has 1 heterocycles. The molecule has 3 nitrogen and oxygen atoms in total.